The first-order chi connectivity index (χ1) is 30.3. The molecule has 7 heterocycles. The Bertz CT molecular complexity index is 1680. The van der Waals surface area contributed by atoms with Gasteiger partial charge in [-0.1, -0.05) is 182 Å². The lowest BCUT2D eigenvalue weighted by Crippen LogP contribution is -2.44. The summed E-state index contributed by atoms with van der Waals surface area (Å²) in [5.41, 5.74) is 4.60. The highest BCUT2D eigenvalue weighted by molar-refractivity contribution is 9.26. The van der Waals surface area contributed by atoms with Crippen LogP contribution in [0.2, 0.25) is 0 Å². The van der Waals surface area contributed by atoms with E-state index in [1.54, 1.807) is 0 Å². The van der Waals surface area contributed by atoms with E-state index in [1.807, 2.05) is 22.0 Å². The van der Waals surface area contributed by atoms with Gasteiger partial charge in [-0.05, 0) is 129 Å². The van der Waals surface area contributed by atoms with Crippen LogP contribution < -0.4 is 0 Å². The van der Waals surface area contributed by atoms with E-state index in [9.17, 15) is 10.2 Å². The molecule has 0 aliphatic carbocycles. The molecule has 0 radical (unpaired) electrons. The monoisotopic (exact) mass is 1060 g/mol. The first-order valence-electron chi connectivity index (χ1n) is 24.1. The second kappa shape index (κ2) is 25.8. The molecule has 9 rings (SSSR count). The van der Waals surface area contributed by atoms with Crippen LogP contribution in [0.1, 0.15) is 167 Å². The second-order valence-electron chi connectivity index (χ2n) is 20.8. The van der Waals surface area contributed by atoms with E-state index >= 15 is 0 Å². The van der Waals surface area contributed by atoms with Crippen LogP contribution in [0, 0.1) is 0 Å². The number of rotatable bonds is 20. The van der Waals surface area contributed by atoms with Crippen molar-refractivity contribution in [2.75, 3.05) is 11.5 Å². The van der Waals surface area contributed by atoms with E-state index in [-0.39, 0.29) is 10.8 Å². The molecule has 63 heavy (non-hydrogen) atoms. The minimum atomic E-state index is -0.0274. The molecule has 0 aromatic heterocycles. The van der Waals surface area contributed by atoms with Gasteiger partial charge in [0.25, 0.3) is 0 Å². The highest BCUT2D eigenvalue weighted by atomic mass is 33.7. The molecule has 0 saturated carbocycles. The first-order valence-corrected chi connectivity index (χ1v) is 36.7. The Morgan fingerprint density at radius 2 is 0.937 bits per heavy atom. The zero-order valence-corrected chi connectivity index (χ0v) is 47.7. The fourth-order valence-electron chi connectivity index (χ4n) is 9.67. The summed E-state index contributed by atoms with van der Waals surface area (Å²) in [5.74, 6) is 3.63. The number of fused-ring (bicyclic) bond motifs is 7. The minimum absolute atomic E-state index is 0.0262. The summed E-state index contributed by atoms with van der Waals surface area (Å²) < 4.78 is 0. The van der Waals surface area contributed by atoms with E-state index in [2.05, 4.69) is 176 Å². The van der Waals surface area contributed by atoms with E-state index in [0.29, 0.717) is 11.5 Å². The third-order valence-corrected chi connectivity index (χ3v) is 33.4. The van der Waals surface area contributed by atoms with Gasteiger partial charge in [-0.15, -0.1) is 0 Å². The first kappa shape index (κ1) is 52.7. The predicted octanol–water partition coefficient (Wildman–Crippen LogP) is 18.1. The molecule has 2 N–H and O–H groups in total. The number of unbranched alkanes of at least 4 members (excludes halogenated alkanes) is 8. The molecular weight excluding hydrogens is 985 g/mol. The van der Waals surface area contributed by atoms with Crippen molar-refractivity contribution in [2.24, 2.45) is 0 Å². The summed E-state index contributed by atoms with van der Waals surface area (Å²) in [6, 6.07) is 12.8. The number of benzene rings is 2. The van der Waals surface area contributed by atoms with Crippen LogP contribution in [0.3, 0.4) is 0 Å². The van der Waals surface area contributed by atoms with Gasteiger partial charge >= 0.3 is 0 Å². The van der Waals surface area contributed by atoms with Gasteiger partial charge in [0.2, 0.25) is 0 Å². The third kappa shape index (κ3) is 16.2. The normalized spacial score (nSPS) is 30.3. The zero-order chi connectivity index (χ0) is 44.4. The van der Waals surface area contributed by atoms with Crippen LogP contribution in [-0.2, 0) is 23.7 Å². The molecule has 13 heteroatoms. The lowest BCUT2D eigenvalue weighted by atomic mass is 9.85. The summed E-state index contributed by atoms with van der Waals surface area (Å²) in [4.78, 5) is 0. The molecule has 354 valence electrons. The lowest BCUT2D eigenvalue weighted by molar-refractivity contribution is 0.445. The summed E-state index contributed by atoms with van der Waals surface area (Å²) in [6.07, 6.45) is 23.6. The number of phenolic OH excluding ortho intramolecular Hbond substituents is 2. The molecule has 10 atom stereocenters. The maximum Gasteiger partial charge on any atom is 0.119 e. The Balaban J connectivity index is 0.923. The largest absolute Gasteiger partial charge is 0.508 e. The van der Waals surface area contributed by atoms with Crippen molar-refractivity contribution >= 4 is 120 Å². The quantitative estimate of drug-likeness (QED) is 0.0978. The predicted molar refractivity (Wildman–Crippen MR) is 306 cm³/mol. The van der Waals surface area contributed by atoms with Crippen molar-refractivity contribution in [1.29, 1.82) is 0 Å². The maximum absolute atomic E-state index is 10.7. The van der Waals surface area contributed by atoms with Gasteiger partial charge in [0.1, 0.15) is 11.5 Å². The highest BCUT2D eigenvalue weighted by Crippen LogP contribution is 2.60. The Hall–Kier alpha value is 1.89. The van der Waals surface area contributed by atoms with Gasteiger partial charge in [0.05, 0.1) is 0 Å². The number of thioether (sulfide) groups is 3. The lowest BCUT2D eigenvalue weighted by Gasteiger charge is -2.47. The van der Waals surface area contributed by atoms with Crippen molar-refractivity contribution in [1.82, 2.24) is 0 Å². The van der Waals surface area contributed by atoms with Gasteiger partial charge in [0, 0.05) is 64.0 Å². The molecule has 7 fully saturated rings. The standard InChI is InChI=1S/C50H76O2S11/c1-49(2,3)37-23-21-33(25-39(37)51)17-13-9-7-11-15-19-41-46(29-43-44-27-35(55-44)31-53-43)59-60-47(30-48-45-28-36(56-45)32-54-62-63-61-48)42(58-57-41)20-16-12-8-10-14-18-34-22-24-38(40(52)26-34)50(4,5)6/h21-26,35-36,41-48,51-52H,7-20,27-32H2,1-6H3. The number of aryl methyl sites for hydroxylation is 2. The SMILES string of the molecule is CC(C)(C)c1ccc(CCCCCCCC2SSC(CCCCCCCc3ccc(C(C)(C)C)c(O)c3)C(CC3SSSSCC4CC3S4)SSC2CC2SCC3CC2S3)cc1O. The van der Waals surface area contributed by atoms with Gasteiger partial charge in [-0.2, -0.15) is 35.3 Å². The van der Waals surface area contributed by atoms with E-state index in [1.165, 1.54) is 125 Å². The number of hydrogen-bond acceptors (Lipinski definition) is 13. The molecule has 10 unspecified atom stereocenters. The van der Waals surface area contributed by atoms with Crippen LogP contribution in [0.4, 0.5) is 0 Å². The summed E-state index contributed by atoms with van der Waals surface area (Å²) in [6.45, 7) is 13.0. The topological polar surface area (TPSA) is 40.5 Å². The molecule has 2 aromatic rings. The summed E-state index contributed by atoms with van der Waals surface area (Å²) in [5, 5.41) is 29.5. The highest BCUT2D eigenvalue weighted by Gasteiger charge is 2.45. The average Bonchev–Trinajstić information content (AvgIpc) is 3.36. The van der Waals surface area contributed by atoms with Crippen molar-refractivity contribution in [2.45, 2.75) is 220 Å². The molecule has 7 saturated heterocycles. The molecule has 2 nitrogen and oxygen atoms in total. The zero-order valence-electron chi connectivity index (χ0n) is 38.8. The Labute approximate surface area is 427 Å². The van der Waals surface area contributed by atoms with Crippen LogP contribution in [0.25, 0.3) is 0 Å². The van der Waals surface area contributed by atoms with Gasteiger partial charge < -0.3 is 10.2 Å². The van der Waals surface area contributed by atoms with Crippen molar-refractivity contribution in [3.63, 3.8) is 0 Å². The van der Waals surface area contributed by atoms with Crippen molar-refractivity contribution < 1.29 is 10.2 Å². The molecule has 0 spiro atoms. The number of phenols is 2. The van der Waals surface area contributed by atoms with Crippen molar-refractivity contribution in [3.8, 4) is 11.5 Å². The fourth-order valence-corrected chi connectivity index (χ4v) is 31.0. The molecule has 0 amide bonds. The second-order valence-corrected chi connectivity index (χ2v) is 36.9. The van der Waals surface area contributed by atoms with Crippen LogP contribution in [-0.4, -0.2) is 74.2 Å². The smallest absolute Gasteiger partial charge is 0.119 e. The van der Waals surface area contributed by atoms with Crippen molar-refractivity contribution in [3.05, 3.63) is 58.7 Å². The van der Waals surface area contributed by atoms with Crippen LogP contribution >= 0.6 is 120 Å². The summed E-state index contributed by atoms with van der Waals surface area (Å²) in [7, 11) is 17.8. The maximum atomic E-state index is 10.7. The molecular formula is C50H76O2S11. The minimum Gasteiger partial charge on any atom is -0.508 e. The number of aromatic hydroxyl groups is 2. The van der Waals surface area contributed by atoms with E-state index in [0.717, 1.165) is 76.5 Å². The number of hydrogen-bond donors (Lipinski definition) is 2. The summed E-state index contributed by atoms with van der Waals surface area (Å²) >= 11 is 6.97. The van der Waals surface area contributed by atoms with Crippen LogP contribution in [0.5, 0.6) is 11.5 Å². The average molecular weight is 1060 g/mol. The third-order valence-electron chi connectivity index (χ3n) is 13.6. The van der Waals surface area contributed by atoms with E-state index < -0.39 is 0 Å². The van der Waals surface area contributed by atoms with Crippen LogP contribution in [0.15, 0.2) is 36.4 Å². The molecule has 2 aromatic carbocycles. The molecule has 7 aliphatic rings. The Morgan fingerprint density at radius 3 is 1.41 bits per heavy atom. The molecule has 7 aliphatic heterocycles. The Morgan fingerprint density at radius 1 is 0.492 bits per heavy atom. The molecule has 4 bridgehead atoms. The van der Waals surface area contributed by atoms with Gasteiger partial charge in [-0.3, -0.25) is 0 Å². The van der Waals surface area contributed by atoms with E-state index in [4.69, 9.17) is 0 Å². The Kier molecular flexibility index (Phi) is 21.6. The fraction of sp³-hybridized carbons (Fsp3) is 0.760. The van der Waals surface area contributed by atoms with Gasteiger partial charge in [0.15, 0.2) is 0 Å². The van der Waals surface area contributed by atoms with Gasteiger partial charge in [-0.25, -0.2) is 0 Å².